The van der Waals surface area contributed by atoms with Crippen LogP contribution in [0.4, 0.5) is 0 Å². The van der Waals surface area contributed by atoms with E-state index < -0.39 is 11.5 Å². The van der Waals surface area contributed by atoms with Gasteiger partial charge >= 0.3 is 5.97 Å². The molecule has 1 rings (SSSR count). The van der Waals surface area contributed by atoms with E-state index in [9.17, 15) is 9.90 Å². The fourth-order valence-corrected chi connectivity index (χ4v) is 2.59. The van der Waals surface area contributed by atoms with Crippen molar-refractivity contribution in [2.24, 2.45) is 0 Å². The zero-order valence-corrected chi connectivity index (χ0v) is 11.3. The van der Waals surface area contributed by atoms with Gasteiger partial charge in [-0.2, -0.15) is 0 Å². The fourth-order valence-electron chi connectivity index (χ4n) is 2.59. The summed E-state index contributed by atoms with van der Waals surface area (Å²) in [5.74, 6) is -0.751. The van der Waals surface area contributed by atoms with Crippen LogP contribution in [0.5, 0.6) is 0 Å². The number of carboxylic acid groups (broad SMARTS) is 1. The van der Waals surface area contributed by atoms with Gasteiger partial charge in [0.2, 0.25) is 0 Å². The van der Waals surface area contributed by atoms with E-state index in [1.54, 1.807) is 6.92 Å². The Morgan fingerprint density at radius 3 is 2.53 bits per heavy atom. The summed E-state index contributed by atoms with van der Waals surface area (Å²) in [7, 11) is 2.12. The van der Waals surface area contributed by atoms with Crippen LogP contribution >= 0.6 is 0 Å². The minimum absolute atomic E-state index is 0.656. The van der Waals surface area contributed by atoms with Gasteiger partial charge in [0, 0.05) is 12.6 Å². The summed E-state index contributed by atoms with van der Waals surface area (Å²) in [5, 5.41) is 12.3. The van der Waals surface area contributed by atoms with Crippen LogP contribution in [0.25, 0.3) is 0 Å². The molecular formula is C13H26N2O2. The molecule has 1 atom stereocenters. The third-order valence-electron chi connectivity index (χ3n) is 3.95. The van der Waals surface area contributed by atoms with Crippen molar-refractivity contribution in [1.29, 1.82) is 0 Å². The van der Waals surface area contributed by atoms with Crippen LogP contribution in [0.2, 0.25) is 0 Å². The first kappa shape index (κ1) is 14.5. The molecule has 0 radical (unpaired) electrons. The van der Waals surface area contributed by atoms with Crippen molar-refractivity contribution < 1.29 is 9.90 Å². The summed E-state index contributed by atoms with van der Waals surface area (Å²) in [4.78, 5) is 13.6. The molecule has 100 valence electrons. The monoisotopic (exact) mass is 242 g/mol. The van der Waals surface area contributed by atoms with Gasteiger partial charge in [-0.15, -0.1) is 0 Å². The van der Waals surface area contributed by atoms with Crippen LogP contribution in [-0.4, -0.2) is 47.7 Å². The molecule has 0 bridgehead atoms. The lowest BCUT2D eigenvalue weighted by Gasteiger charge is -2.30. The normalized spacial score (nSPS) is 20.7. The van der Waals surface area contributed by atoms with E-state index in [4.69, 9.17) is 0 Å². The molecule has 0 aromatic carbocycles. The highest BCUT2D eigenvalue weighted by atomic mass is 16.4. The molecule has 0 aromatic heterocycles. The number of hydrogen-bond donors (Lipinski definition) is 2. The molecule has 0 amide bonds. The number of carboxylic acids is 1. The molecule has 0 aliphatic heterocycles. The zero-order chi connectivity index (χ0) is 12.9. The van der Waals surface area contributed by atoms with E-state index in [1.165, 1.54) is 25.7 Å². The van der Waals surface area contributed by atoms with E-state index in [0.717, 1.165) is 6.54 Å². The van der Waals surface area contributed by atoms with Gasteiger partial charge in [-0.3, -0.25) is 4.79 Å². The maximum atomic E-state index is 11.3. The lowest BCUT2D eigenvalue weighted by molar-refractivity contribution is -0.144. The number of nitrogens with zero attached hydrogens (tertiary/aromatic N) is 1. The highest BCUT2D eigenvalue weighted by Gasteiger charge is 2.32. The summed E-state index contributed by atoms with van der Waals surface area (Å²) in [5.41, 5.74) is -0.790. The Morgan fingerprint density at radius 1 is 1.47 bits per heavy atom. The molecular weight excluding hydrogens is 216 g/mol. The Bertz CT molecular complexity index is 252. The molecule has 17 heavy (non-hydrogen) atoms. The third kappa shape index (κ3) is 3.96. The lowest BCUT2D eigenvalue weighted by atomic mass is 9.97. The minimum atomic E-state index is -0.790. The average molecular weight is 242 g/mol. The molecule has 4 heteroatoms. The van der Waals surface area contributed by atoms with Crippen molar-refractivity contribution in [1.82, 2.24) is 10.2 Å². The average Bonchev–Trinajstić information content (AvgIpc) is 2.79. The third-order valence-corrected chi connectivity index (χ3v) is 3.95. The van der Waals surface area contributed by atoms with E-state index >= 15 is 0 Å². The largest absolute Gasteiger partial charge is 0.480 e. The fraction of sp³-hybridized carbons (Fsp3) is 0.923. The van der Waals surface area contributed by atoms with Crippen molar-refractivity contribution >= 4 is 5.97 Å². The van der Waals surface area contributed by atoms with Crippen LogP contribution in [0.3, 0.4) is 0 Å². The van der Waals surface area contributed by atoms with Gasteiger partial charge in [0.1, 0.15) is 5.54 Å². The summed E-state index contributed by atoms with van der Waals surface area (Å²) >= 11 is 0. The Morgan fingerprint density at radius 2 is 2.06 bits per heavy atom. The van der Waals surface area contributed by atoms with Gasteiger partial charge < -0.3 is 15.3 Å². The first-order chi connectivity index (χ1) is 7.99. The van der Waals surface area contributed by atoms with Gasteiger partial charge in [0.25, 0.3) is 0 Å². The van der Waals surface area contributed by atoms with E-state index in [2.05, 4.69) is 17.3 Å². The summed E-state index contributed by atoms with van der Waals surface area (Å²) in [6.07, 6.45) is 5.82. The number of carbonyl (C=O) groups is 1. The van der Waals surface area contributed by atoms with Crippen LogP contribution in [-0.2, 0) is 4.79 Å². The molecule has 0 saturated heterocycles. The minimum Gasteiger partial charge on any atom is -0.480 e. The topological polar surface area (TPSA) is 52.6 Å². The highest BCUT2D eigenvalue weighted by Crippen LogP contribution is 2.23. The maximum absolute atomic E-state index is 11.3. The van der Waals surface area contributed by atoms with Crippen molar-refractivity contribution in [2.45, 2.75) is 57.5 Å². The summed E-state index contributed by atoms with van der Waals surface area (Å²) in [6.45, 7) is 5.26. The zero-order valence-electron chi connectivity index (χ0n) is 11.3. The quantitative estimate of drug-likeness (QED) is 0.713. The van der Waals surface area contributed by atoms with Gasteiger partial charge in [-0.25, -0.2) is 0 Å². The highest BCUT2D eigenvalue weighted by molar-refractivity contribution is 5.78. The molecule has 0 aromatic rings. The molecule has 1 aliphatic rings. The van der Waals surface area contributed by atoms with E-state index in [0.29, 0.717) is 19.0 Å². The SMILES string of the molecule is CCNC(C)(CCN(C)C1CCCC1)C(=O)O. The molecule has 0 spiro atoms. The van der Waals surface area contributed by atoms with Crippen molar-refractivity contribution in [3.63, 3.8) is 0 Å². The molecule has 1 unspecified atom stereocenters. The second kappa shape index (κ2) is 6.36. The van der Waals surface area contributed by atoms with Crippen LogP contribution in [0, 0.1) is 0 Å². The molecule has 4 nitrogen and oxygen atoms in total. The predicted molar refractivity (Wildman–Crippen MR) is 69.2 cm³/mol. The van der Waals surface area contributed by atoms with Crippen molar-refractivity contribution in [3.05, 3.63) is 0 Å². The summed E-state index contributed by atoms with van der Waals surface area (Å²) in [6, 6.07) is 0.662. The van der Waals surface area contributed by atoms with Crippen LogP contribution < -0.4 is 5.32 Å². The number of nitrogens with one attached hydrogen (secondary N) is 1. The van der Waals surface area contributed by atoms with Gasteiger partial charge in [-0.05, 0) is 39.8 Å². The first-order valence-electron chi connectivity index (χ1n) is 6.68. The van der Waals surface area contributed by atoms with Gasteiger partial charge in [0.05, 0.1) is 0 Å². The number of rotatable bonds is 7. The standard InChI is InChI=1S/C13H26N2O2/c1-4-14-13(2,12(16)17)9-10-15(3)11-7-5-6-8-11/h11,14H,4-10H2,1-3H3,(H,16,17). The Hall–Kier alpha value is -0.610. The Kier molecular flexibility index (Phi) is 5.40. The number of likely N-dealkylation sites (N-methyl/N-ethyl adjacent to an activating group) is 1. The van der Waals surface area contributed by atoms with E-state index in [-0.39, 0.29) is 0 Å². The second-order valence-corrected chi connectivity index (χ2v) is 5.34. The van der Waals surface area contributed by atoms with Crippen molar-refractivity contribution in [2.75, 3.05) is 20.1 Å². The molecule has 1 fully saturated rings. The molecule has 2 N–H and O–H groups in total. The van der Waals surface area contributed by atoms with Crippen LogP contribution in [0.15, 0.2) is 0 Å². The molecule has 0 heterocycles. The van der Waals surface area contributed by atoms with Crippen molar-refractivity contribution in [3.8, 4) is 0 Å². The number of aliphatic carboxylic acids is 1. The lowest BCUT2D eigenvalue weighted by Crippen LogP contribution is -2.51. The smallest absolute Gasteiger partial charge is 0.323 e. The first-order valence-corrected chi connectivity index (χ1v) is 6.68. The Labute approximate surface area is 104 Å². The van der Waals surface area contributed by atoms with E-state index in [1.807, 2.05) is 6.92 Å². The second-order valence-electron chi connectivity index (χ2n) is 5.34. The Balaban J connectivity index is 2.42. The molecule has 1 aliphatic carbocycles. The molecule has 1 saturated carbocycles. The van der Waals surface area contributed by atoms with Crippen LogP contribution in [0.1, 0.15) is 46.0 Å². The summed E-state index contributed by atoms with van der Waals surface area (Å²) < 4.78 is 0. The predicted octanol–water partition coefficient (Wildman–Crippen LogP) is 1.70. The maximum Gasteiger partial charge on any atom is 0.323 e. The van der Waals surface area contributed by atoms with Gasteiger partial charge in [-0.1, -0.05) is 19.8 Å². The number of hydrogen-bond acceptors (Lipinski definition) is 3. The van der Waals surface area contributed by atoms with Gasteiger partial charge in [0.15, 0.2) is 0 Å².